The number of benzene rings is 7. The van der Waals surface area contributed by atoms with Crippen molar-refractivity contribution in [2.24, 2.45) is 0 Å². The van der Waals surface area contributed by atoms with Gasteiger partial charge in [-0.1, -0.05) is 72.8 Å². The minimum Gasteiger partial charge on any atom is -0.309 e. The molecule has 0 spiro atoms. The van der Waals surface area contributed by atoms with Crippen LogP contribution in [0, 0.1) is 17.9 Å². The summed E-state index contributed by atoms with van der Waals surface area (Å²) in [6.45, 7) is 7.43. The lowest BCUT2D eigenvalue weighted by atomic mass is 10.1. The van der Waals surface area contributed by atoms with Crippen LogP contribution in [0.2, 0.25) is 0 Å². The number of nitriles is 1. The predicted molar refractivity (Wildman–Crippen MR) is 212 cm³/mol. The molecule has 0 fully saturated rings. The largest absolute Gasteiger partial charge is 0.309 e. The highest BCUT2D eigenvalue weighted by atomic mass is 15.4. The van der Waals surface area contributed by atoms with Crippen molar-refractivity contribution < 1.29 is 0 Å². The summed E-state index contributed by atoms with van der Waals surface area (Å²) in [5, 5.41) is 19.0. The first-order valence-corrected chi connectivity index (χ1v) is 17.3. The fraction of sp³-hybridized carbons (Fsp3) is 0. The Hall–Kier alpha value is -7.74. The van der Waals surface area contributed by atoms with Crippen molar-refractivity contribution in [3.05, 3.63) is 181 Å². The van der Waals surface area contributed by atoms with Gasteiger partial charge in [-0.25, -0.2) is 14.5 Å². The third-order valence-electron chi connectivity index (χ3n) is 9.96. The maximum Gasteiger partial charge on any atom is 0.187 e. The fourth-order valence-corrected chi connectivity index (χ4v) is 7.53. The van der Waals surface area contributed by atoms with E-state index in [0.717, 1.165) is 50.0 Å². The summed E-state index contributed by atoms with van der Waals surface area (Å²) >= 11 is 0. The maximum absolute atomic E-state index is 9.35. The van der Waals surface area contributed by atoms with E-state index in [0.29, 0.717) is 22.9 Å². The number of aromatic nitrogens is 5. The van der Waals surface area contributed by atoms with E-state index in [2.05, 4.69) is 135 Å². The average molecular weight is 678 g/mol. The van der Waals surface area contributed by atoms with E-state index in [4.69, 9.17) is 16.7 Å². The number of nitrogens with zero attached hydrogens (tertiary/aromatic N) is 7. The van der Waals surface area contributed by atoms with E-state index in [1.807, 2.05) is 28.9 Å². The first kappa shape index (κ1) is 30.1. The van der Waals surface area contributed by atoms with E-state index in [1.54, 1.807) is 24.3 Å². The van der Waals surface area contributed by atoms with Gasteiger partial charge in [0.2, 0.25) is 0 Å². The molecule has 0 aliphatic rings. The first-order valence-electron chi connectivity index (χ1n) is 17.3. The quantitative estimate of drug-likeness (QED) is 0.170. The lowest BCUT2D eigenvalue weighted by Crippen LogP contribution is -2.00. The van der Waals surface area contributed by atoms with Crippen molar-refractivity contribution in [3.63, 3.8) is 0 Å². The van der Waals surface area contributed by atoms with Crippen molar-refractivity contribution in [1.29, 1.82) is 5.26 Å². The summed E-state index contributed by atoms with van der Waals surface area (Å²) in [4.78, 5) is 8.63. The molecule has 0 amide bonds. The van der Waals surface area contributed by atoms with Crippen LogP contribution in [0.3, 0.4) is 0 Å². The normalized spacial score (nSPS) is 11.4. The summed E-state index contributed by atoms with van der Waals surface area (Å²) in [5.41, 5.74) is 10.3. The lowest BCUT2D eigenvalue weighted by Gasteiger charge is -2.13. The van der Waals surface area contributed by atoms with Crippen LogP contribution in [-0.2, 0) is 0 Å². The SMILES string of the molecule is [C-]#[N+]c1ccc(-n2nc(-c3ccc(C#N)cc3)nc2-c2ccc3c(c2)c2ccccc2n3-c2cccc(-n3c4ccccc4c4ccccc43)c2)cc1. The van der Waals surface area contributed by atoms with Gasteiger partial charge in [0, 0.05) is 44.0 Å². The molecule has 0 unspecified atom stereocenters. The highest BCUT2D eigenvalue weighted by Crippen LogP contribution is 2.37. The van der Waals surface area contributed by atoms with Crippen LogP contribution in [0.4, 0.5) is 5.69 Å². The Morgan fingerprint density at radius 3 is 1.64 bits per heavy atom. The molecular formula is C46H27N7. The van der Waals surface area contributed by atoms with Gasteiger partial charge in [0.15, 0.2) is 17.3 Å². The molecule has 0 atom stereocenters. The van der Waals surface area contributed by atoms with Crippen molar-refractivity contribution in [3.8, 4) is 45.9 Å². The Morgan fingerprint density at radius 2 is 1.06 bits per heavy atom. The summed E-state index contributed by atoms with van der Waals surface area (Å²) in [6.07, 6.45) is 0. The van der Waals surface area contributed by atoms with Gasteiger partial charge in [-0.15, -0.1) is 5.10 Å². The molecule has 10 aromatic rings. The predicted octanol–water partition coefficient (Wildman–Crippen LogP) is 11.2. The molecule has 53 heavy (non-hydrogen) atoms. The molecule has 0 aliphatic carbocycles. The Labute approximate surface area is 304 Å². The van der Waals surface area contributed by atoms with E-state index in [1.165, 1.54) is 21.8 Å². The fourth-order valence-electron chi connectivity index (χ4n) is 7.53. The van der Waals surface area contributed by atoms with Crippen LogP contribution >= 0.6 is 0 Å². The molecule has 0 radical (unpaired) electrons. The van der Waals surface area contributed by atoms with Gasteiger partial charge < -0.3 is 9.13 Å². The Bertz CT molecular complexity index is 3070. The third kappa shape index (κ3) is 4.80. The summed E-state index contributed by atoms with van der Waals surface area (Å²) in [6, 6.07) is 57.7. The van der Waals surface area contributed by atoms with Gasteiger partial charge in [0.1, 0.15) is 0 Å². The van der Waals surface area contributed by atoms with Crippen molar-refractivity contribution in [2.75, 3.05) is 0 Å². The van der Waals surface area contributed by atoms with E-state index >= 15 is 0 Å². The molecule has 7 heteroatoms. The molecule has 7 nitrogen and oxygen atoms in total. The van der Waals surface area contributed by atoms with Gasteiger partial charge in [0.05, 0.1) is 46.0 Å². The van der Waals surface area contributed by atoms with Gasteiger partial charge in [-0.05, 0) is 91.0 Å². The molecule has 7 aromatic carbocycles. The molecule has 3 aromatic heterocycles. The molecule has 3 heterocycles. The molecule has 0 saturated heterocycles. The van der Waals surface area contributed by atoms with Crippen LogP contribution in [-0.4, -0.2) is 23.9 Å². The summed E-state index contributed by atoms with van der Waals surface area (Å²) in [5.74, 6) is 1.22. The molecule has 246 valence electrons. The average Bonchev–Trinajstić information content (AvgIpc) is 3.92. The van der Waals surface area contributed by atoms with Crippen molar-refractivity contribution in [1.82, 2.24) is 23.9 Å². The van der Waals surface area contributed by atoms with Gasteiger partial charge >= 0.3 is 0 Å². The number of rotatable bonds is 5. The monoisotopic (exact) mass is 677 g/mol. The zero-order valence-corrected chi connectivity index (χ0v) is 28.2. The van der Waals surface area contributed by atoms with Crippen molar-refractivity contribution in [2.45, 2.75) is 0 Å². The summed E-state index contributed by atoms with van der Waals surface area (Å²) in [7, 11) is 0. The molecule has 0 bridgehead atoms. The van der Waals surface area contributed by atoms with Crippen LogP contribution in [0.25, 0.3) is 88.3 Å². The summed E-state index contributed by atoms with van der Waals surface area (Å²) < 4.78 is 6.52. The molecule has 0 N–H and O–H groups in total. The number of hydrogen-bond acceptors (Lipinski definition) is 3. The van der Waals surface area contributed by atoms with Gasteiger partial charge in [-0.3, -0.25) is 0 Å². The Kier molecular flexibility index (Phi) is 6.79. The second-order valence-corrected chi connectivity index (χ2v) is 13.0. The minimum atomic E-state index is 0.545. The van der Waals surface area contributed by atoms with Crippen LogP contribution in [0.5, 0.6) is 0 Å². The van der Waals surface area contributed by atoms with E-state index in [-0.39, 0.29) is 0 Å². The van der Waals surface area contributed by atoms with E-state index in [9.17, 15) is 5.26 Å². The van der Waals surface area contributed by atoms with Gasteiger partial charge in [-0.2, -0.15) is 5.26 Å². The first-order chi connectivity index (χ1) is 26.2. The number of hydrogen-bond donors (Lipinski definition) is 0. The van der Waals surface area contributed by atoms with Crippen LogP contribution < -0.4 is 0 Å². The Morgan fingerprint density at radius 1 is 0.509 bits per heavy atom. The van der Waals surface area contributed by atoms with E-state index < -0.39 is 0 Å². The molecule has 10 rings (SSSR count). The Balaban J connectivity index is 1.15. The second kappa shape index (κ2) is 11.9. The molecular weight excluding hydrogens is 651 g/mol. The maximum atomic E-state index is 9.35. The number of fused-ring (bicyclic) bond motifs is 6. The third-order valence-corrected chi connectivity index (χ3v) is 9.96. The van der Waals surface area contributed by atoms with Gasteiger partial charge in [0.25, 0.3) is 0 Å². The zero-order chi connectivity index (χ0) is 35.5. The standard InChI is InChI=1S/C46H27N7/c1-48-33-22-24-34(25-23-33)53-46(49-45(50-53)31-19-17-30(29-47)18-20-31)32-21-26-44-40(27-32)39-13-4-7-16-43(39)52(44)36-10-8-9-35(28-36)51-41-14-5-2-11-37(41)38-12-3-6-15-42(38)51/h2-28H. The zero-order valence-electron chi connectivity index (χ0n) is 28.2. The molecule has 0 aliphatic heterocycles. The van der Waals surface area contributed by atoms with Crippen LogP contribution in [0.1, 0.15) is 5.56 Å². The highest BCUT2D eigenvalue weighted by molar-refractivity contribution is 6.11. The smallest absolute Gasteiger partial charge is 0.187 e. The highest BCUT2D eigenvalue weighted by Gasteiger charge is 2.19. The lowest BCUT2D eigenvalue weighted by molar-refractivity contribution is 0.891. The second-order valence-electron chi connectivity index (χ2n) is 13.0. The molecule has 0 saturated carbocycles. The topological polar surface area (TPSA) is 68.7 Å². The number of para-hydroxylation sites is 3. The minimum absolute atomic E-state index is 0.545. The van der Waals surface area contributed by atoms with Crippen molar-refractivity contribution >= 4 is 49.3 Å². The van der Waals surface area contributed by atoms with Crippen LogP contribution in [0.15, 0.2) is 164 Å².